The van der Waals surface area contributed by atoms with Gasteiger partial charge in [0.2, 0.25) is 0 Å². The first kappa shape index (κ1) is 70.8. The third-order valence-corrected chi connectivity index (χ3v) is 13.9. The Balaban J connectivity index is 4.26. The molecule has 0 N–H and O–H groups in total. The molecule has 0 aliphatic heterocycles. The minimum Gasteiger partial charge on any atom is -0.462 e. The summed E-state index contributed by atoms with van der Waals surface area (Å²) in [6, 6.07) is 0. The van der Waals surface area contributed by atoms with E-state index in [0.29, 0.717) is 19.3 Å². The minimum atomic E-state index is -0.778. The topological polar surface area (TPSA) is 78.9 Å². The monoisotopic (exact) mass is 1030 g/mol. The predicted octanol–water partition coefficient (Wildman–Crippen LogP) is 21.7. The molecule has 0 fully saturated rings. The van der Waals surface area contributed by atoms with E-state index in [-0.39, 0.29) is 31.1 Å². The lowest BCUT2D eigenvalue weighted by Crippen LogP contribution is -2.30. The SMILES string of the molecule is CC/C=C\C/C=C\C/C=C\C/C=C\C/C=C\CCCCCCCCCCCCCC(=O)OCC(COC(=O)CCCCCCC/C=C\CCCCCC)OC(=O)CCCCCCCCCCCCCCCCCC. The van der Waals surface area contributed by atoms with Crippen LogP contribution in [0.15, 0.2) is 72.9 Å². The molecule has 1 atom stereocenters. The Bertz CT molecular complexity index is 1370. The van der Waals surface area contributed by atoms with Gasteiger partial charge in [0.25, 0.3) is 0 Å². The van der Waals surface area contributed by atoms with Crippen molar-refractivity contribution in [3.05, 3.63) is 72.9 Å². The molecule has 6 nitrogen and oxygen atoms in total. The fourth-order valence-corrected chi connectivity index (χ4v) is 9.17. The van der Waals surface area contributed by atoms with Gasteiger partial charge in [-0.15, -0.1) is 0 Å². The highest BCUT2D eigenvalue weighted by atomic mass is 16.6. The third kappa shape index (κ3) is 59.7. The Kier molecular flexibility index (Phi) is 59.7. The van der Waals surface area contributed by atoms with E-state index in [4.69, 9.17) is 14.2 Å². The van der Waals surface area contributed by atoms with E-state index in [2.05, 4.69) is 93.7 Å². The summed E-state index contributed by atoms with van der Waals surface area (Å²) >= 11 is 0. The van der Waals surface area contributed by atoms with Gasteiger partial charge in [0.05, 0.1) is 0 Å². The molecule has 0 aromatic carbocycles. The molecule has 0 aliphatic rings. The van der Waals surface area contributed by atoms with Gasteiger partial charge in [-0.05, 0) is 89.9 Å². The van der Waals surface area contributed by atoms with E-state index in [1.54, 1.807) is 0 Å². The predicted molar refractivity (Wildman–Crippen MR) is 321 cm³/mol. The highest BCUT2D eigenvalue weighted by Gasteiger charge is 2.19. The molecule has 6 heteroatoms. The largest absolute Gasteiger partial charge is 0.462 e. The van der Waals surface area contributed by atoms with Crippen LogP contribution in [-0.2, 0) is 28.6 Å². The maximum Gasteiger partial charge on any atom is 0.306 e. The molecule has 0 heterocycles. The average Bonchev–Trinajstić information content (AvgIpc) is 3.40. The van der Waals surface area contributed by atoms with Gasteiger partial charge in [-0.25, -0.2) is 0 Å². The lowest BCUT2D eigenvalue weighted by atomic mass is 10.0. The van der Waals surface area contributed by atoms with E-state index < -0.39 is 6.10 Å². The zero-order chi connectivity index (χ0) is 53.6. The second-order valence-electron chi connectivity index (χ2n) is 21.3. The number of carbonyl (C=O) groups is 3. The standard InChI is InChI=1S/C68H120O6/c1-4-7-10-13-16-19-22-25-27-29-30-31-32-33-34-35-36-37-38-39-41-43-46-49-52-55-58-61-67(70)73-64-65(63-72-66(69)60-57-54-51-48-45-42-24-21-18-15-12-9-6-3)74-68(71)62-59-56-53-50-47-44-40-28-26-23-20-17-14-11-8-5-2/h7,10,16,19,21,24-25,27,30-31,33-34,65H,4-6,8-9,11-15,17-18,20,22-23,26,28-29,32,35-64H2,1-3H3/b10-7-,19-16-,24-21-,27-25-,31-30-,34-33-. The van der Waals surface area contributed by atoms with Crippen molar-refractivity contribution in [3.8, 4) is 0 Å². The van der Waals surface area contributed by atoms with E-state index >= 15 is 0 Å². The lowest BCUT2D eigenvalue weighted by molar-refractivity contribution is -0.167. The first-order valence-corrected chi connectivity index (χ1v) is 31.9. The molecule has 0 radical (unpaired) electrons. The minimum absolute atomic E-state index is 0.0760. The van der Waals surface area contributed by atoms with Gasteiger partial charge in [0.15, 0.2) is 6.10 Å². The van der Waals surface area contributed by atoms with Crippen LogP contribution in [0.5, 0.6) is 0 Å². The fourth-order valence-electron chi connectivity index (χ4n) is 9.17. The number of ether oxygens (including phenoxy) is 3. The zero-order valence-corrected chi connectivity index (χ0v) is 49.1. The Morgan fingerprint density at radius 3 is 0.851 bits per heavy atom. The molecular formula is C68H120O6. The van der Waals surface area contributed by atoms with E-state index in [1.165, 1.54) is 186 Å². The molecule has 74 heavy (non-hydrogen) atoms. The van der Waals surface area contributed by atoms with Gasteiger partial charge in [0.1, 0.15) is 13.2 Å². The third-order valence-electron chi connectivity index (χ3n) is 13.9. The maximum atomic E-state index is 12.9. The fraction of sp³-hybridized carbons (Fsp3) is 0.779. The Morgan fingerprint density at radius 2 is 0.527 bits per heavy atom. The molecule has 0 aromatic rings. The Hall–Kier alpha value is -3.15. The quantitative estimate of drug-likeness (QED) is 0.0261. The number of rotatable bonds is 58. The summed E-state index contributed by atoms with van der Waals surface area (Å²) in [4.78, 5) is 38.3. The normalized spacial score (nSPS) is 12.5. The summed E-state index contributed by atoms with van der Waals surface area (Å²) < 4.78 is 16.9. The van der Waals surface area contributed by atoms with E-state index in [1.807, 2.05) is 0 Å². The van der Waals surface area contributed by atoms with Gasteiger partial charge >= 0.3 is 17.9 Å². The van der Waals surface area contributed by atoms with Crippen molar-refractivity contribution >= 4 is 17.9 Å². The van der Waals surface area contributed by atoms with Crippen LogP contribution in [0.1, 0.15) is 323 Å². The molecule has 0 saturated heterocycles. The molecule has 0 saturated carbocycles. The van der Waals surface area contributed by atoms with Crippen LogP contribution in [0, 0.1) is 0 Å². The molecular weight excluding hydrogens is 913 g/mol. The summed E-state index contributed by atoms with van der Waals surface area (Å²) in [7, 11) is 0. The summed E-state index contributed by atoms with van der Waals surface area (Å²) in [5.74, 6) is -0.871. The maximum absolute atomic E-state index is 12.9. The molecule has 0 bridgehead atoms. The van der Waals surface area contributed by atoms with Gasteiger partial charge in [-0.1, -0.05) is 286 Å². The van der Waals surface area contributed by atoms with Crippen molar-refractivity contribution in [3.63, 3.8) is 0 Å². The van der Waals surface area contributed by atoms with Crippen LogP contribution in [0.3, 0.4) is 0 Å². The number of hydrogen-bond donors (Lipinski definition) is 0. The molecule has 0 aromatic heterocycles. The Labute approximate surface area is 459 Å². The van der Waals surface area contributed by atoms with Crippen LogP contribution < -0.4 is 0 Å². The number of esters is 3. The summed E-state index contributed by atoms with van der Waals surface area (Å²) in [5.41, 5.74) is 0. The van der Waals surface area contributed by atoms with Gasteiger partial charge in [-0.3, -0.25) is 14.4 Å². The van der Waals surface area contributed by atoms with Crippen LogP contribution >= 0.6 is 0 Å². The van der Waals surface area contributed by atoms with Crippen LogP contribution in [0.4, 0.5) is 0 Å². The summed E-state index contributed by atoms with van der Waals surface area (Å²) in [5, 5.41) is 0. The zero-order valence-electron chi connectivity index (χ0n) is 49.1. The van der Waals surface area contributed by atoms with Crippen molar-refractivity contribution < 1.29 is 28.6 Å². The molecule has 0 amide bonds. The highest BCUT2D eigenvalue weighted by Crippen LogP contribution is 2.17. The van der Waals surface area contributed by atoms with Gasteiger partial charge < -0.3 is 14.2 Å². The number of hydrogen-bond acceptors (Lipinski definition) is 6. The van der Waals surface area contributed by atoms with Crippen molar-refractivity contribution in [1.82, 2.24) is 0 Å². The molecule has 0 spiro atoms. The van der Waals surface area contributed by atoms with Crippen molar-refractivity contribution in [2.45, 2.75) is 329 Å². The van der Waals surface area contributed by atoms with Gasteiger partial charge in [0, 0.05) is 19.3 Å². The number of unbranched alkanes of at least 4 members (excludes halogenated alkanes) is 35. The molecule has 428 valence electrons. The van der Waals surface area contributed by atoms with Crippen LogP contribution in [0.2, 0.25) is 0 Å². The van der Waals surface area contributed by atoms with Gasteiger partial charge in [-0.2, -0.15) is 0 Å². The van der Waals surface area contributed by atoms with Crippen LogP contribution in [0.25, 0.3) is 0 Å². The van der Waals surface area contributed by atoms with Crippen LogP contribution in [-0.4, -0.2) is 37.2 Å². The molecule has 1 unspecified atom stereocenters. The molecule has 0 aliphatic carbocycles. The second kappa shape index (κ2) is 62.4. The van der Waals surface area contributed by atoms with Crippen molar-refractivity contribution in [1.29, 1.82) is 0 Å². The summed E-state index contributed by atoms with van der Waals surface area (Å²) in [6.07, 6.45) is 80.5. The van der Waals surface area contributed by atoms with Crippen molar-refractivity contribution in [2.24, 2.45) is 0 Å². The first-order valence-electron chi connectivity index (χ1n) is 31.9. The van der Waals surface area contributed by atoms with E-state index in [0.717, 1.165) is 96.3 Å². The number of carbonyl (C=O) groups excluding carboxylic acids is 3. The highest BCUT2D eigenvalue weighted by molar-refractivity contribution is 5.71. The average molecular weight is 1030 g/mol. The molecule has 0 rings (SSSR count). The van der Waals surface area contributed by atoms with Crippen molar-refractivity contribution in [2.75, 3.05) is 13.2 Å². The lowest BCUT2D eigenvalue weighted by Gasteiger charge is -2.18. The number of allylic oxidation sites excluding steroid dienone is 12. The smallest absolute Gasteiger partial charge is 0.306 e. The summed E-state index contributed by atoms with van der Waals surface area (Å²) in [6.45, 7) is 6.54. The first-order chi connectivity index (χ1) is 36.5. The second-order valence-corrected chi connectivity index (χ2v) is 21.3. The Morgan fingerprint density at radius 1 is 0.284 bits per heavy atom. The van der Waals surface area contributed by atoms with E-state index in [9.17, 15) is 14.4 Å².